The van der Waals surface area contributed by atoms with Crippen molar-refractivity contribution in [2.45, 2.75) is 66.7 Å². The molecule has 5 rings (SSSR count). The molecule has 0 aliphatic heterocycles. The third-order valence-electron chi connectivity index (χ3n) is 6.27. The number of benzene rings is 1. The van der Waals surface area contributed by atoms with Gasteiger partial charge in [0.25, 0.3) is 0 Å². The molecule has 14 heteroatoms. The molecule has 0 spiro atoms. The number of hydrogen-bond acceptors (Lipinski definition) is 9. The number of rotatable bonds is 7. The number of aromatic nitrogens is 5. The molecule has 2 saturated carbocycles. The minimum Gasteiger partial charge on any atom is -0.390 e. The van der Waals surface area contributed by atoms with Gasteiger partial charge in [-0.1, -0.05) is 5.21 Å². The lowest BCUT2D eigenvalue weighted by Gasteiger charge is -2.17. The third-order valence-corrected chi connectivity index (χ3v) is 7.14. The summed E-state index contributed by atoms with van der Waals surface area (Å²) in [5.74, 6) is -0.757. The number of nitrogens with one attached hydrogen (secondary N) is 2. The van der Waals surface area contributed by atoms with Crippen LogP contribution < -0.4 is 10.6 Å². The van der Waals surface area contributed by atoms with Crippen molar-refractivity contribution in [3.63, 3.8) is 0 Å². The smallest absolute Gasteiger partial charge is 0.390 e. The number of anilines is 1. The van der Waals surface area contributed by atoms with Gasteiger partial charge >= 0.3 is 6.18 Å². The Morgan fingerprint density at radius 3 is 2.53 bits per heavy atom. The lowest BCUT2D eigenvalue weighted by molar-refractivity contribution is -0.137. The van der Waals surface area contributed by atoms with Crippen LogP contribution in [0.3, 0.4) is 0 Å². The van der Waals surface area contributed by atoms with Crippen LogP contribution in [0.5, 0.6) is 0 Å². The van der Waals surface area contributed by atoms with Crippen molar-refractivity contribution < 1.29 is 28.2 Å². The van der Waals surface area contributed by atoms with Crippen LogP contribution >= 0.6 is 11.8 Å². The van der Waals surface area contributed by atoms with Gasteiger partial charge in [-0.2, -0.15) is 13.2 Å². The minimum atomic E-state index is -4.43. The van der Waals surface area contributed by atoms with Gasteiger partial charge in [0.1, 0.15) is 6.10 Å². The molecule has 10 nitrogen and oxygen atoms in total. The summed E-state index contributed by atoms with van der Waals surface area (Å²) in [5.41, 5.74) is -0.103. The van der Waals surface area contributed by atoms with Gasteiger partial charge in [-0.05, 0) is 62.2 Å². The molecule has 2 aromatic heterocycles. The van der Waals surface area contributed by atoms with E-state index in [0.717, 1.165) is 36.7 Å². The Balaban J connectivity index is 1.49. The first-order valence-corrected chi connectivity index (χ1v) is 12.4. The van der Waals surface area contributed by atoms with Crippen LogP contribution in [0.25, 0.3) is 11.2 Å². The van der Waals surface area contributed by atoms with E-state index in [1.807, 2.05) is 0 Å². The molecule has 0 unspecified atom stereocenters. The van der Waals surface area contributed by atoms with Gasteiger partial charge in [0.05, 0.1) is 23.6 Å². The van der Waals surface area contributed by atoms with Crippen LogP contribution in [0.1, 0.15) is 37.8 Å². The average Bonchev–Trinajstić information content (AvgIpc) is 3.47. The van der Waals surface area contributed by atoms with Crippen LogP contribution in [-0.4, -0.2) is 65.9 Å². The highest BCUT2D eigenvalue weighted by Gasteiger charge is 2.47. The van der Waals surface area contributed by atoms with Crippen LogP contribution in [0.2, 0.25) is 0 Å². The number of aliphatic hydroxyl groups excluding tert-OH is 2. The lowest BCUT2D eigenvalue weighted by Crippen LogP contribution is -2.38. The molecule has 2 fully saturated rings. The zero-order chi connectivity index (χ0) is 25.6. The third kappa shape index (κ3) is 4.84. The van der Waals surface area contributed by atoms with E-state index in [1.165, 1.54) is 16.8 Å². The summed E-state index contributed by atoms with van der Waals surface area (Å²) in [4.78, 5) is 21.9. The summed E-state index contributed by atoms with van der Waals surface area (Å²) < 4.78 is 40.1. The highest BCUT2D eigenvalue weighted by Crippen LogP contribution is 2.38. The van der Waals surface area contributed by atoms with Gasteiger partial charge in [0, 0.05) is 17.5 Å². The second-order valence-corrected chi connectivity index (χ2v) is 9.93. The van der Waals surface area contributed by atoms with E-state index in [4.69, 9.17) is 0 Å². The molecule has 2 aliphatic rings. The summed E-state index contributed by atoms with van der Waals surface area (Å²) in [6, 6.07) is 4.14. The van der Waals surface area contributed by atoms with Crippen molar-refractivity contribution in [1.29, 1.82) is 0 Å². The first-order chi connectivity index (χ1) is 17.2. The van der Waals surface area contributed by atoms with Gasteiger partial charge in [-0.3, -0.25) is 4.79 Å². The maximum atomic E-state index is 12.9. The molecule has 3 aromatic rings. The van der Waals surface area contributed by atoms with Crippen LogP contribution in [-0.2, 0) is 11.0 Å². The predicted octanol–water partition coefficient (Wildman–Crippen LogP) is 2.38. The largest absolute Gasteiger partial charge is 0.416 e. The molecule has 1 aromatic carbocycles. The first-order valence-electron chi connectivity index (χ1n) is 11.5. The van der Waals surface area contributed by atoms with E-state index in [9.17, 15) is 28.2 Å². The highest BCUT2D eigenvalue weighted by atomic mass is 32.2. The van der Waals surface area contributed by atoms with Crippen LogP contribution in [0.4, 0.5) is 19.0 Å². The van der Waals surface area contributed by atoms with Crippen molar-refractivity contribution >= 4 is 34.7 Å². The number of alkyl halides is 3. The molecule has 36 heavy (non-hydrogen) atoms. The summed E-state index contributed by atoms with van der Waals surface area (Å²) >= 11 is 1.08. The summed E-state index contributed by atoms with van der Waals surface area (Å²) in [7, 11) is 0. The van der Waals surface area contributed by atoms with Gasteiger partial charge in [-0.15, -0.1) is 5.10 Å². The van der Waals surface area contributed by atoms with Gasteiger partial charge in [0.15, 0.2) is 22.1 Å². The minimum absolute atomic E-state index is 0.128. The maximum Gasteiger partial charge on any atom is 0.416 e. The second kappa shape index (κ2) is 9.48. The molecule has 2 heterocycles. The molecule has 0 saturated heterocycles. The zero-order valence-electron chi connectivity index (χ0n) is 19.1. The Morgan fingerprint density at radius 2 is 1.89 bits per heavy atom. The fraction of sp³-hybridized carbons (Fsp3) is 0.500. The Kier molecular flexibility index (Phi) is 6.51. The summed E-state index contributed by atoms with van der Waals surface area (Å²) in [6.07, 6.45) is -4.94. The van der Waals surface area contributed by atoms with Crippen LogP contribution in [0, 0.1) is 5.92 Å². The van der Waals surface area contributed by atoms with Gasteiger partial charge in [0.2, 0.25) is 5.91 Å². The predicted molar refractivity (Wildman–Crippen MR) is 123 cm³/mol. The molecule has 2 aliphatic carbocycles. The molecular formula is C22H24F3N7O3S. The maximum absolute atomic E-state index is 12.9. The molecular weight excluding hydrogens is 499 g/mol. The van der Waals surface area contributed by atoms with E-state index in [2.05, 4.69) is 30.9 Å². The number of aliphatic hydroxyl groups is 2. The molecule has 0 bridgehead atoms. The fourth-order valence-electron chi connectivity index (χ4n) is 4.23. The van der Waals surface area contributed by atoms with E-state index in [1.54, 1.807) is 6.92 Å². The van der Waals surface area contributed by atoms with E-state index in [0.29, 0.717) is 22.8 Å². The average molecular weight is 524 g/mol. The Labute approximate surface area is 207 Å². The molecule has 0 radical (unpaired) electrons. The number of halogens is 3. The van der Waals surface area contributed by atoms with Crippen molar-refractivity contribution in [2.75, 3.05) is 11.9 Å². The van der Waals surface area contributed by atoms with Crippen molar-refractivity contribution in [1.82, 2.24) is 30.3 Å². The fourth-order valence-corrected chi connectivity index (χ4v) is 4.99. The number of carbonyl (C=O) groups excluding carboxylic acids is 1. The monoisotopic (exact) mass is 523 g/mol. The Hall–Kier alpha value is -2.97. The van der Waals surface area contributed by atoms with Gasteiger partial charge < -0.3 is 20.8 Å². The van der Waals surface area contributed by atoms with Crippen molar-refractivity contribution in [3.05, 3.63) is 29.8 Å². The first kappa shape index (κ1) is 24.7. The topological polar surface area (TPSA) is 138 Å². The summed E-state index contributed by atoms with van der Waals surface area (Å²) in [6.45, 7) is 2.16. The summed E-state index contributed by atoms with van der Waals surface area (Å²) in [5, 5.41) is 35.8. The number of fused-ring (bicyclic) bond motifs is 1. The van der Waals surface area contributed by atoms with E-state index >= 15 is 0 Å². The zero-order valence-corrected chi connectivity index (χ0v) is 19.9. The second-order valence-electron chi connectivity index (χ2n) is 8.89. The molecule has 192 valence electrons. The quantitative estimate of drug-likeness (QED) is 0.344. The molecule has 4 atom stereocenters. The number of nitrogens with zero attached hydrogens (tertiary/aromatic N) is 5. The van der Waals surface area contributed by atoms with E-state index in [-0.39, 0.29) is 29.2 Å². The number of carbonyl (C=O) groups is 1. The van der Waals surface area contributed by atoms with Crippen molar-refractivity contribution in [2.24, 2.45) is 5.92 Å². The molecule has 1 amide bonds. The van der Waals surface area contributed by atoms with Crippen molar-refractivity contribution in [3.8, 4) is 0 Å². The number of amides is 1. The van der Waals surface area contributed by atoms with E-state index < -0.39 is 35.9 Å². The van der Waals surface area contributed by atoms with Crippen LogP contribution in [0.15, 0.2) is 34.3 Å². The van der Waals surface area contributed by atoms with Gasteiger partial charge in [-0.25, -0.2) is 14.6 Å². The normalized spacial score (nSPS) is 24.3. The Bertz CT molecular complexity index is 1270. The SMILES string of the molecule is CCNC(=O)[C@H]1C[C@@H](n2nnc3c(NC4CC4)nc(Sc4ccc(C(F)(F)F)cc4)nc32)[C@H](O)[C@@H]1O. The lowest BCUT2D eigenvalue weighted by atomic mass is 10.0. The molecule has 4 N–H and O–H groups in total. The standard InChI is InChI=1S/C22H24F3N7O3S/c1-2-26-20(35)13-9-14(17(34)16(13)33)32-19-15(30-31-32)18(27-11-5-6-11)28-21(29-19)36-12-7-3-10(4-8-12)22(23,24)25/h3-4,7-8,11,13-14,16-17,33-34H,2,5-6,9H2,1H3,(H,26,35)(H,27,28,29)/t13-,14+,16+,17-/m0/s1. The number of hydrogen-bond donors (Lipinski definition) is 4. The highest BCUT2D eigenvalue weighted by molar-refractivity contribution is 7.99. The Morgan fingerprint density at radius 1 is 1.17 bits per heavy atom.